The zero-order valence-corrected chi connectivity index (χ0v) is 18.7. The van der Waals surface area contributed by atoms with Crippen LogP contribution in [0.3, 0.4) is 0 Å². The standard InChI is InChI=1S/C25H28NO5/c1-27-20-10-15-8-9-26-19(16(15)12-21(20)28-2)11-18-17(23(26)14-6-7-14)13-22(29-3)25(31-5)24(18)30-4/h10-14H,6-9H2,1-5H3/q+1. The maximum atomic E-state index is 5.85. The molecule has 1 fully saturated rings. The molecular weight excluding hydrogens is 394 g/mol. The van der Waals surface area contributed by atoms with Gasteiger partial charge in [0.1, 0.15) is 0 Å². The van der Waals surface area contributed by atoms with Gasteiger partial charge in [0.25, 0.3) is 0 Å². The minimum Gasteiger partial charge on any atom is -0.493 e. The lowest BCUT2D eigenvalue weighted by Gasteiger charge is -2.22. The predicted octanol–water partition coefficient (Wildman–Crippen LogP) is 4.27. The second-order valence-electron chi connectivity index (χ2n) is 8.06. The summed E-state index contributed by atoms with van der Waals surface area (Å²) in [6.45, 7) is 0.927. The van der Waals surface area contributed by atoms with E-state index in [1.165, 1.54) is 40.7 Å². The molecule has 2 heterocycles. The molecule has 1 aliphatic carbocycles. The average molecular weight is 423 g/mol. The molecule has 0 amide bonds. The topological polar surface area (TPSA) is 50.0 Å². The van der Waals surface area contributed by atoms with Crippen molar-refractivity contribution < 1.29 is 28.3 Å². The molecule has 6 heteroatoms. The fourth-order valence-corrected chi connectivity index (χ4v) is 4.88. The lowest BCUT2D eigenvalue weighted by Crippen LogP contribution is -2.44. The fraction of sp³-hybridized carbons (Fsp3) is 0.400. The average Bonchev–Trinajstić information content (AvgIpc) is 3.65. The zero-order chi connectivity index (χ0) is 21.7. The third-order valence-electron chi connectivity index (χ3n) is 6.46. The highest BCUT2D eigenvalue weighted by Crippen LogP contribution is 2.50. The quantitative estimate of drug-likeness (QED) is 0.555. The Hall–Kier alpha value is -3.15. The summed E-state index contributed by atoms with van der Waals surface area (Å²) in [6, 6.07) is 8.51. The molecule has 0 radical (unpaired) electrons. The molecule has 0 saturated heterocycles. The number of methoxy groups -OCH3 is 5. The highest BCUT2D eigenvalue weighted by Gasteiger charge is 2.39. The van der Waals surface area contributed by atoms with Crippen LogP contribution in [0, 0.1) is 0 Å². The Morgan fingerprint density at radius 1 is 0.710 bits per heavy atom. The summed E-state index contributed by atoms with van der Waals surface area (Å²) >= 11 is 0. The van der Waals surface area contributed by atoms with Crippen molar-refractivity contribution in [2.75, 3.05) is 35.5 Å². The second-order valence-corrected chi connectivity index (χ2v) is 8.06. The van der Waals surface area contributed by atoms with Gasteiger partial charge in [-0.1, -0.05) is 0 Å². The third-order valence-corrected chi connectivity index (χ3v) is 6.46. The van der Waals surface area contributed by atoms with E-state index in [-0.39, 0.29) is 0 Å². The summed E-state index contributed by atoms with van der Waals surface area (Å²) in [4.78, 5) is 0. The van der Waals surface area contributed by atoms with E-state index in [9.17, 15) is 0 Å². The van der Waals surface area contributed by atoms with E-state index in [2.05, 4.69) is 28.8 Å². The Morgan fingerprint density at radius 2 is 1.39 bits per heavy atom. The largest absolute Gasteiger partial charge is 0.493 e. The first-order valence-corrected chi connectivity index (χ1v) is 10.6. The predicted molar refractivity (Wildman–Crippen MR) is 118 cm³/mol. The van der Waals surface area contributed by atoms with Crippen LogP contribution in [0.2, 0.25) is 0 Å². The van der Waals surface area contributed by atoms with Crippen LogP contribution in [-0.2, 0) is 13.0 Å². The molecule has 3 aromatic rings. The van der Waals surface area contributed by atoms with Crippen LogP contribution in [0.1, 0.15) is 30.0 Å². The molecule has 1 saturated carbocycles. The van der Waals surface area contributed by atoms with Crippen LogP contribution in [0.5, 0.6) is 28.7 Å². The molecule has 162 valence electrons. The first kappa shape index (κ1) is 19.8. The van der Waals surface area contributed by atoms with Crippen molar-refractivity contribution in [2.45, 2.75) is 31.7 Å². The van der Waals surface area contributed by atoms with E-state index < -0.39 is 0 Å². The fourth-order valence-electron chi connectivity index (χ4n) is 4.88. The second kappa shape index (κ2) is 7.52. The molecule has 2 aromatic carbocycles. The van der Waals surface area contributed by atoms with Crippen molar-refractivity contribution in [3.63, 3.8) is 0 Å². The van der Waals surface area contributed by atoms with E-state index in [0.29, 0.717) is 23.2 Å². The molecule has 0 spiro atoms. The van der Waals surface area contributed by atoms with E-state index in [1.54, 1.807) is 35.5 Å². The molecule has 0 unspecified atom stereocenters. The minimum absolute atomic E-state index is 0.548. The SMILES string of the molecule is COc1cc2c(cc1OC)-c1cc3c(OC)c(OC)c(OC)cc3c(C3CC3)[n+]1CC2. The molecule has 0 bridgehead atoms. The van der Waals surface area contributed by atoms with Crippen LogP contribution in [0.15, 0.2) is 24.3 Å². The van der Waals surface area contributed by atoms with Crippen LogP contribution >= 0.6 is 0 Å². The van der Waals surface area contributed by atoms with Gasteiger partial charge < -0.3 is 23.7 Å². The van der Waals surface area contributed by atoms with Crippen molar-refractivity contribution in [2.24, 2.45) is 0 Å². The van der Waals surface area contributed by atoms with Crippen LogP contribution in [0.4, 0.5) is 0 Å². The number of pyridine rings is 1. The van der Waals surface area contributed by atoms with Gasteiger partial charge in [-0.25, -0.2) is 0 Å². The summed E-state index contributed by atoms with van der Waals surface area (Å²) in [6.07, 6.45) is 3.35. The van der Waals surface area contributed by atoms with E-state index in [1.807, 2.05) is 0 Å². The number of ether oxygens (including phenoxy) is 5. The van der Waals surface area contributed by atoms with Gasteiger partial charge in [-0.15, -0.1) is 0 Å². The Labute approximate surface area is 182 Å². The molecule has 1 aromatic heterocycles. The summed E-state index contributed by atoms with van der Waals surface area (Å²) in [5.74, 6) is 4.06. The van der Waals surface area contributed by atoms with Gasteiger partial charge in [-0.2, -0.15) is 4.57 Å². The first-order chi connectivity index (χ1) is 15.1. The van der Waals surface area contributed by atoms with Crippen molar-refractivity contribution in [1.82, 2.24) is 0 Å². The van der Waals surface area contributed by atoms with E-state index >= 15 is 0 Å². The van der Waals surface area contributed by atoms with Crippen molar-refractivity contribution >= 4 is 10.8 Å². The summed E-state index contributed by atoms with van der Waals surface area (Å²) in [7, 11) is 8.35. The molecule has 1 aliphatic heterocycles. The Balaban J connectivity index is 1.87. The highest BCUT2D eigenvalue weighted by molar-refractivity contribution is 5.96. The highest BCUT2D eigenvalue weighted by atomic mass is 16.5. The lowest BCUT2D eigenvalue weighted by molar-refractivity contribution is -0.693. The molecule has 31 heavy (non-hydrogen) atoms. The van der Waals surface area contributed by atoms with Gasteiger partial charge in [0, 0.05) is 23.8 Å². The van der Waals surface area contributed by atoms with Crippen LogP contribution in [-0.4, -0.2) is 35.5 Å². The monoisotopic (exact) mass is 422 g/mol. The van der Waals surface area contributed by atoms with Gasteiger partial charge in [0.15, 0.2) is 35.2 Å². The van der Waals surface area contributed by atoms with Gasteiger partial charge in [0.2, 0.25) is 11.4 Å². The number of hydrogen-bond donors (Lipinski definition) is 0. The zero-order valence-electron chi connectivity index (χ0n) is 18.7. The van der Waals surface area contributed by atoms with E-state index in [0.717, 1.165) is 29.9 Å². The number of aromatic nitrogens is 1. The molecule has 0 N–H and O–H groups in total. The number of hydrogen-bond acceptors (Lipinski definition) is 5. The van der Waals surface area contributed by atoms with Crippen molar-refractivity contribution in [3.8, 4) is 40.0 Å². The van der Waals surface area contributed by atoms with Crippen LogP contribution in [0.25, 0.3) is 22.0 Å². The number of rotatable bonds is 6. The Kier molecular flexibility index (Phi) is 4.80. The number of nitrogens with zero attached hydrogens (tertiary/aromatic N) is 1. The Morgan fingerprint density at radius 3 is 2.00 bits per heavy atom. The number of benzene rings is 2. The van der Waals surface area contributed by atoms with Crippen LogP contribution < -0.4 is 28.3 Å². The summed E-state index contributed by atoms with van der Waals surface area (Å²) in [5.41, 5.74) is 4.96. The van der Waals surface area contributed by atoms with Gasteiger partial charge in [-0.3, -0.25) is 0 Å². The van der Waals surface area contributed by atoms with E-state index in [4.69, 9.17) is 23.7 Å². The molecule has 0 atom stereocenters. The molecule has 5 rings (SSSR count). The molecule has 2 aliphatic rings. The lowest BCUT2D eigenvalue weighted by atomic mass is 9.92. The maximum Gasteiger partial charge on any atom is 0.213 e. The van der Waals surface area contributed by atoms with Gasteiger partial charge in [-0.05, 0) is 36.6 Å². The number of aryl methyl sites for hydroxylation is 1. The normalized spacial score (nSPS) is 14.6. The van der Waals surface area contributed by atoms with Crippen molar-refractivity contribution in [1.29, 1.82) is 0 Å². The molecular formula is C25H28NO5+. The summed E-state index contributed by atoms with van der Waals surface area (Å²) < 4.78 is 30.8. The molecule has 6 nitrogen and oxygen atoms in total. The third kappa shape index (κ3) is 2.96. The van der Waals surface area contributed by atoms with Crippen molar-refractivity contribution in [3.05, 3.63) is 35.5 Å². The van der Waals surface area contributed by atoms with Gasteiger partial charge in [0.05, 0.1) is 46.5 Å². The first-order valence-electron chi connectivity index (χ1n) is 10.6. The summed E-state index contributed by atoms with van der Waals surface area (Å²) in [5, 5.41) is 2.21. The maximum absolute atomic E-state index is 5.85. The smallest absolute Gasteiger partial charge is 0.213 e. The minimum atomic E-state index is 0.548. The van der Waals surface area contributed by atoms with Gasteiger partial charge >= 0.3 is 0 Å². The number of fused-ring (bicyclic) bond motifs is 4. The Bertz CT molecular complexity index is 1180.